The van der Waals surface area contributed by atoms with Crippen molar-refractivity contribution in [2.75, 3.05) is 46.9 Å². The van der Waals surface area contributed by atoms with Gasteiger partial charge < -0.3 is 23.9 Å². The molecule has 3 heterocycles. The third-order valence-corrected chi connectivity index (χ3v) is 8.34. The number of hydrogen-bond donors (Lipinski definition) is 1. The largest absolute Gasteiger partial charge is 0.507 e. The van der Waals surface area contributed by atoms with Crippen LogP contribution in [-0.4, -0.2) is 72.8 Å². The number of aromatic nitrogens is 1. The van der Waals surface area contributed by atoms with Gasteiger partial charge in [-0.15, -0.1) is 0 Å². The van der Waals surface area contributed by atoms with Crippen LogP contribution >= 0.6 is 0 Å². The molecule has 2 aliphatic rings. The van der Waals surface area contributed by atoms with Crippen LogP contribution in [0.4, 0.5) is 0 Å². The average Bonchev–Trinajstić information content (AvgIpc) is 3.65. The molecule has 2 aromatic heterocycles. The third kappa shape index (κ3) is 4.83. The second kappa shape index (κ2) is 10.9. The third-order valence-electron chi connectivity index (χ3n) is 8.34. The van der Waals surface area contributed by atoms with Gasteiger partial charge in [-0.1, -0.05) is 37.1 Å². The molecule has 4 aromatic rings. The fraction of sp³-hybridized carbons (Fsp3) is 0.419. The van der Waals surface area contributed by atoms with Crippen molar-refractivity contribution >= 4 is 27.7 Å². The number of phenolic OH excluding ortho intramolecular Hbond substituents is 1. The van der Waals surface area contributed by atoms with E-state index < -0.39 is 5.97 Å². The van der Waals surface area contributed by atoms with Gasteiger partial charge >= 0.3 is 5.97 Å². The van der Waals surface area contributed by atoms with Crippen molar-refractivity contribution in [2.24, 2.45) is 5.92 Å². The molecule has 6 rings (SSSR count). The smallest absolute Gasteiger partial charge is 0.341 e. The summed E-state index contributed by atoms with van der Waals surface area (Å²) in [6.45, 7) is 4.02. The highest BCUT2D eigenvalue weighted by Crippen LogP contribution is 2.47. The number of esters is 1. The second-order valence-electron chi connectivity index (χ2n) is 10.8. The van der Waals surface area contributed by atoms with Crippen LogP contribution in [0.25, 0.3) is 21.7 Å². The molecule has 8 heteroatoms. The lowest BCUT2D eigenvalue weighted by Crippen LogP contribution is -2.46. The van der Waals surface area contributed by atoms with Crippen LogP contribution in [-0.2, 0) is 4.74 Å². The number of ether oxygens (including phenoxy) is 2. The van der Waals surface area contributed by atoms with Crippen LogP contribution in [0, 0.1) is 5.92 Å². The maximum Gasteiger partial charge on any atom is 0.341 e. The summed E-state index contributed by atoms with van der Waals surface area (Å²) in [5.74, 6) is 0.785. The number of aromatic hydroxyl groups is 1. The standard InChI is InChI=1S/C31H35N3O5/c1-33-13-15-34(16-14-33)28(21-11-12-32-25(17-21)38-18-20-7-3-4-8-20)27-26-24(31(36)37-2)19-39-30(26)23-10-6-5-9-22(23)29(27)35/h5-6,9-12,17,19-20,28,35H,3-4,7-8,13-16,18H2,1-2H3. The number of methoxy groups -OCH3 is 1. The molecule has 1 saturated carbocycles. The van der Waals surface area contributed by atoms with Gasteiger partial charge in [0, 0.05) is 60.2 Å². The van der Waals surface area contributed by atoms with Crippen molar-refractivity contribution < 1.29 is 23.8 Å². The van der Waals surface area contributed by atoms with E-state index in [0.717, 1.165) is 37.1 Å². The summed E-state index contributed by atoms with van der Waals surface area (Å²) < 4.78 is 17.3. The van der Waals surface area contributed by atoms with Crippen molar-refractivity contribution in [3.05, 3.63) is 65.5 Å². The van der Waals surface area contributed by atoms with E-state index in [1.54, 1.807) is 6.20 Å². The van der Waals surface area contributed by atoms with Crippen molar-refractivity contribution in [3.63, 3.8) is 0 Å². The number of pyridine rings is 1. The zero-order valence-corrected chi connectivity index (χ0v) is 22.6. The number of hydrogen-bond acceptors (Lipinski definition) is 8. The predicted molar refractivity (Wildman–Crippen MR) is 149 cm³/mol. The summed E-state index contributed by atoms with van der Waals surface area (Å²) in [7, 11) is 3.47. The molecule has 0 bridgehead atoms. The molecule has 204 valence electrons. The number of phenols is 1. The number of likely N-dealkylation sites (N-methyl/N-ethyl adjacent to an activating group) is 1. The Bertz CT molecular complexity index is 1480. The topological polar surface area (TPSA) is 88.3 Å². The molecule has 1 unspecified atom stereocenters. The molecule has 0 amide bonds. The Balaban J connectivity index is 1.53. The number of piperazine rings is 1. The van der Waals surface area contributed by atoms with Crippen LogP contribution in [0.15, 0.2) is 53.3 Å². The molecule has 1 aliphatic heterocycles. The highest BCUT2D eigenvalue weighted by Gasteiger charge is 2.34. The first-order chi connectivity index (χ1) is 19.0. The number of carbonyl (C=O) groups is 1. The average molecular weight is 530 g/mol. The van der Waals surface area contributed by atoms with Gasteiger partial charge in [0.25, 0.3) is 0 Å². The van der Waals surface area contributed by atoms with E-state index in [9.17, 15) is 9.90 Å². The quantitative estimate of drug-likeness (QED) is 0.319. The van der Waals surface area contributed by atoms with Crippen LogP contribution in [0.2, 0.25) is 0 Å². The molecule has 1 aliphatic carbocycles. The number of carbonyl (C=O) groups excluding carboxylic acids is 1. The fourth-order valence-corrected chi connectivity index (χ4v) is 6.20. The Morgan fingerprint density at radius 1 is 1.13 bits per heavy atom. The molecule has 1 N–H and O–H groups in total. The molecule has 2 fully saturated rings. The summed E-state index contributed by atoms with van der Waals surface area (Å²) in [6, 6.07) is 11.2. The predicted octanol–water partition coefficient (Wildman–Crippen LogP) is 5.38. The number of nitrogens with zero attached hydrogens (tertiary/aromatic N) is 3. The number of furan rings is 1. The Kier molecular flexibility index (Phi) is 7.14. The maximum atomic E-state index is 12.9. The Morgan fingerprint density at radius 2 is 1.87 bits per heavy atom. The lowest BCUT2D eigenvalue weighted by Gasteiger charge is -2.39. The maximum absolute atomic E-state index is 12.9. The molecule has 0 radical (unpaired) electrons. The first-order valence-electron chi connectivity index (χ1n) is 13.8. The number of rotatable bonds is 7. The van der Waals surface area contributed by atoms with E-state index in [1.807, 2.05) is 36.4 Å². The summed E-state index contributed by atoms with van der Waals surface area (Å²) in [5, 5.41) is 13.9. The fourth-order valence-electron chi connectivity index (χ4n) is 6.20. The van der Waals surface area contributed by atoms with Gasteiger partial charge in [0.2, 0.25) is 5.88 Å². The molecular formula is C31H35N3O5. The van der Waals surface area contributed by atoms with Gasteiger partial charge in [-0.05, 0) is 37.4 Å². The molecule has 39 heavy (non-hydrogen) atoms. The molecule has 1 saturated heterocycles. The van der Waals surface area contributed by atoms with Gasteiger partial charge in [-0.3, -0.25) is 4.90 Å². The SMILES string of the molecule is COC(=O)c1coc2c1c(C(c1ccnc(OCC3CCCC3)c1)N1CCN(C)CC1)c(O)c1ccccc12. The van der Waals surface area contributed by atoms with Crippen molar-refractivity contribution in [3.8, 4) is 11.6 Å². The summed E-state index contributed by atoms with van der Waals surface area (Å²) in [6.07, 6.45) is 8.13. The van der Waals surface area contributed by atoms with Crippen LogP contribution in [0.3, 0.4) is 0 Å². The first-order valence-corrected chi connectivity index (χ1v) is 13.8. The van der Waals surface area contributed by atoms with E-state index in [0.29, 0.717) is 45.9 Å². The minimum atomic E-state index is -0.503. The lowest BCUT2D eigenvalue weighted by atomic mass is 9.89. The minimum Gasteiger partial charge on any atom is -0.507 e. The van der Waals surface area contributed by atoms with E-state index >= 15 is 0 Å². The zero-order chi connectivity index (χ0) is 26.9. The van der Waals surface area contributed by atoms with E-state index in [-0.39, 0.29) is 11.8 Å². The molecule has 8 nitrogen and oxygen atoms in total. The Hall–Kier alpha value is -3.62. The van der Waals surface area contributed by atoms with Gasteiger partial charge in [0.15, 0.2) is 0 Å². The number of benzene rings is 2. The van der Waals surface area contributed by atoms with E-state index in [4.69, 9.17) is 13.9 Å². The van der Waals surface area contributed by atoms with Crippen molar-refractivity contribution in [1.29, 1.82) is 0 Å². The Labute approximate surface area is 228 Å². The van der Waals surface area contributed by atoms with Crippen molar-refractivity contribution in [1.82, 2.24) is 14.8 Å². The molecule has 1 atom stereocenters. The minimum absolute atomic E-state index is 0.138. The highest BCUT2D eigenvalue weighted by atomic mass is 16.5. The van der Waals surface area contributed by atoms with Crippen molar-refractivity contribution in [2.45, 2.75) is 31.7 Å². The zero-order valence-electron chi connectivity index (χ0n) is 22.6. The highest BCUT2D eigenvalue weighted by molar-refractivity contribution is 6.16. The summed E-state index contributed by atoms with van der Waals surface area (Å²) in [5.41, 5.74) is 2.44. The van der Waals surface area contributed by atoms with E-state index in [1.165, 1.54) is 39.1 Å². The van der Waals surface area contributed by atoms with Gasteiger partial charge in [-0.25, -0.2) is 9.78 Å². The molecule has 0 spiro atoms. The molecular weight excluding hydrogens is 494 g/mol. The summed E-state index contributed by atoms with van der Waals surface area (Å²) in [4.78, 5) is 22.1. The van der Waals surface area contributed by atoms with Gasteiger partial charge in [0.05, 0.1) is 19.8 Å². The van der Waals surface area contributed by atoms with E-state index in [2.05, 4.69) is 21.8 Å². The Morgan fingerprint density at radius 3 is 2.62 bits per heavy atom. The van der Waals surface area contributed by atoms with Gasteiger partial charge in [0.1, 0.15) is 23.2 Å². The van der Waals surface area contributed by atoms with Crippen LogP contribution in [0.1, 0.15) is 53.2 Å². The summed E-state index contributed by atoms with van der Waals surface area (Å²) >= 11 is 0. The van der Waals surface area contributed by atoms with Crippen LogP contribution in [0.5, 0.6) is 11.6 Å². The van der Waals surface area contributed by atoms with Crippen LogP contribution < -0.4 is 4.74 Å². The first kappa shape index (κ1) is 25.6. The normalized spacial score (nSPS) is 18.1. The molecule has 2 aromatic carbocycles. The van der Waals surface area contributed by atoms with Gasteiger partial charge in [-0.2, -0.15) is 0 Å². The second-order valence-corrected chi connectivity index (χ2v) is 10.8. The number of fused-ring (bicyclic) bond motifs is 3. The monoisotopic (exact) mass is 529 g/mol. The lowest BCUT2D eigenvalue weighted by molar-refractivity contribution is 0.0601.